The molecule has 2 aromatic rings. The topological polar surface area (TPSA) is 18.5 Å². The number of benzene rings is 2. The van der Waals surface area contributed by atoms with Crippen LogP contribution in [-0.4, -0.2) is 6.61 Å². The van der Waals surface area contributed by atoms with E-state index in [-0.39, 0.29) is 12.4 Å². The minimum Gasteiger partial charge on any atom is -0.345 e. The van der Waals surface area contributed by atoms with E-state index < -0.39 is 0 Å². The standard InChI is InChI=1S/C15H14O2/c1-3-7-12(8-4-1)14-11-16-15(17-14)13-9-5-2-6-10-13/h1-10,14-15H,11H2/t14-,15-/m0/s1. The van der Waals surface area contributed by atoms with Gasteiger partial charge in [-0.1, -0.05) is 60.7 Å². The number of rotatable bonds is 2. The van der Waals surface area contributed by atoms with Gasteiger partial charge < -0.3 is 9.47 Å². The van der Waals surface area contributed by atoms with E-state index >= 15 is 0 Å². The third-order valence-electron chi connectivity index (χ3n) is 2.93. The average molecular weight is 226 g/mol. The minimum absolute atomic E-state index is 0.0430. The van der Waals surface area contributed by atoms with Crippen molar-refractivity contribution in [1.29, 1.82) is 0 Å². The molecule has 0 spiro atoms. The molecule has 2 heteroatoms. The van der Waals surface area contributed by atoms with E-state index in [1.807, 2.05) is 48.5 Å². The lowest BCUT2D eigenvalue weighted by Crippen LogP contribution is -2.00. The van der Waals surface area contributed by atoms with Gasteiger partial charge in [0.15, 0.2) is 6.29 Å². The third-order valence-corrected chi connectivity index (χ3v) is 2.93. The zero-order valence-corrected chi connectivity index (χ0v) is 9.45. The molecule has 1 aliphatic rings. The summed E-state index contributed by atoms with van der Waals surface area (Å²) in [6.07, 6.45) is -0.192. The monoisotopic (exact) mass is 226 g/mol. The van der Waals surface area contributed by atoms with Gasteiger partial charge in [-0.3, -0.25) is 0 Å². The van der Waals surface area contributed by atoms with Crippen LogP contribution in [0.3, 0.4) is 0 Å². The first-order valence-corrected chi connectivity index (χ1v) is 5.80. The zero-order chi connectivity index (χ0) is 11.5. The van der Waals surface area contributed by atoms with E-state index in [2.05, 4.69) is 12.1 Å². The van der Waals surface area contributed by atoms with Gasteiger partial charge in [0.25, 0.3) is 0 Å². The normalized spacial score (nSPS) is 23.8. The molecule has 0 aromatic heterocycles. The van der Waals surface area contributed by atoms with Gasteiger partial charge in [-0.2, -0.15) is 0 Å². The van der Waals surface area contributed by atoms with Gasteiger partial charge in [-0.05, 0) is 5.56 Å². The van der Waals surface area contributed by atoms with E-state index in [1.54, 1.807) is 0 Å². The van der Waals surface area contributed by atoms with E-state index in [1.165, 1.54) is 5.56 Å². The quantitative estimate of drug-likeness (QED) is 0.780. The molecule has 86 valence electrons. The molecule has 0 amide bonds. The summed E-state index contributed by atoms with van der Waals surface area (Å²) in [5.74, 6) is 0. The maximum Gasteiger partial charge on any atom is 0.184 e. The highest BCUT2D eigenvalue weighted by Crippen LogP contribution is 2.34. The maximum absolute atomic E-state index is 5.91. The number of hydrogen-bond donors (Lipinski definition) is 0. The predicted molar refractivity (Wildman–Crippen MR) is 65.4 cm³/mol. The maximum atomic E-state index is 5.91. The molecule has 1 saturated heterocycles. The van der Waals surface area contributed by atoms with Crippen LogP contribution in [0.15, 0.2) is 60.7 Å². The van der Waals surface area contributed by atoms with Crippen molar-refractivity contribution in [3.63, 3.8) is 0 Å². The summed E-state index contributed by atoms with van der Waals surface area (Å²) in [5.41, 5.74) is 2.25. The minimum atomic E-state index is -0.235. The first kappa shape index (κ1) is 10.5. The first-order valence-electron chi connectivity index (χ1n) is 5.80. The van der Waals surface area contributed by atoms with Crippen LogP contribution in [0.1, 0.15) is 23.5 Å². The largest absolute Gasteiger partial charge is 0.345 e. The molecular formula is C15H14O2. The molecule has 1 heterocycles. The molecule has 0 saturated carbocycles. The molecule has 0 aliphatic carbocycles. The van der Waals surface area contributed by atoms with Crippen molar-refractivity contribution in [3.8, 4) is 0 Å². The Hall–Kier alpha value is -1.64. The highest BCUT2D eigenvalue weighted by atomic mass is 16.7. The van der Waals surface area contributed by atoms with Gasteiger partial charge in [-0.15, -0.1) is 0 Å². The summed E-state index contributed by atoms with van der Waals surface area (Å²) in [4.78, 5) is 0. The van der Waals surface area contributed by atoms with Crippen molar-refractivity contribution >= 4 is 0 Å². The number of hydrogen-bond acceptors (Lipinski definition) is 2. The Morgan fingerprint density at radius 3 is 2.00 bits per heavy atom. The Labute approximate surface area is 101 Å². The molecule has 1 fully saturated rings. The van der Waals surface area contributed by atoms with Crippen molar-refractivity contribution in [2.75, 3.05) is 6.61 Å². The van der Waals surface area contributed by atoms with Crippen LogP contribution in [-0.2, 0) is 9.47 Å². The lowest BCUT2D eigenvalue weighted by molar-refractivity contribution is -0.0607. The molecule has 17 heavy (non-hydrogen) atoms. The van der Waals surface area contributed by atoms with Gasteiger partial charge in [0.1, 0.15) is 6.10 Å². The number of ether oxygens (including phenoxy) is 2. The lowest BCUT2D eigenvalue weighted by atomic mass is 10.1. The SMILES string of the molecule is c1ccc([C@H]2OC[C@@H](c3ccccc3)O2)cc1. The highest BCUT2D eigenvalue weighted by Gasteiger charge is 2.27. The van der Waals surface area contributed by atoms with Gasteiger partial charge >= 0.3 is 0 Å². The summed E-state index contributed by atoms with van der Waals surface area (Å²) in [6.45, 7) is 0.615. The summed E-state index contributed by atoms with van der Waals surface area (Å²) in [6, 6.07) is 20.2. The van der Waals surface area contributed by atoms with Crippen LogP contribution < -0.4 is 0 Å². The van der Waals surface area contributed by atoms with E-state index in [4.69, 9.17) is 9.47 Å². The average Bonchev–Trinajstić information content (AvgIpc) is 2.90. The Morgan fingerprint density at radius 1 is 0.765 bits per heavy atom. The molecule has 0 unspecified atom stereocenters. The molecule has 2 aromatic carbocycles. The second kappa shape index (κ2) is 4.70. The van der Waals surface area contributed by atoms with Crippen LogP contribution in [0.5, 0.6) is 0 Å². The summed E-state index contributed by atoms with van der Waals surface area (Å²) >= 11 is 0. The predicted octanol–water partition coefficient (Wildman–Crippen LogP) is 3.47. The van der Waals surface area contributed by atoms with Crippen LogP contribution in [0.25, 0.3) is 0 Å². The van der Waals surface area contributed by atoms with Gasteiger partial charge in [-0.25, -0.2) is 0 Å². The third kappa shape index (κ3) is 2.23. The van der Waals surface area contributed by atoms with E-state index in [9.17, 15) is 0 Å². The van der Waals surface area contributed by atoms with E-state index in [0.29, 0.717) is 6.61 Å². The first-order chi connectivity index (χ1) is 8.43. The van der Waals surface area contributed by atoms with Crippen molar-refractivity contribution in [1.82, 2.24) is 0 Å². The lowest BCUT2D eigenvalue weighted by Gasteiger charge is -2.11. The van der Waals surface area contributed by atoms with Crippen LogP contribution >= 0.6 is 0 Å². The molecule has 3 rings (SSSR count). The second-order valence-corrected chi connectivity index (χ2v) is 4.11. The van der Waals surface area contributed by atoms with Crippen molar-refractivity contribution in [2.45, 2.75) is 12.4 Å². The summed E-state index contributed by atoms with van der Waals surface area (Å²) in [5, 5.41) is 0. The van der Waals surface area contributed by atoms with Crippen molar-refractivity contribution < 1.29 is 9.47 Å². The highest BCUT2D eigenvalue weighted by molar-refractivity contribution is 5.20. The zero-order valence-electron chi connectivity index (χ0n) is 9.45. The fourth-order valence-corrected chi connectivity index (χ4v) is 2.03. The molecule has 0 bridgehead atoms. The van der Waals surface area contributed by atoms with Gasteiger partial charge in [0.2, 0.25) is 0 Å². The molecule has 0 N–H and O–H groups in total. The molecule has 2 nitrogen and oxygen atoms in total. The van der Waals surface area contributed by atoms with Crippen LogP contribution in [0.2, 0.25) is 0 Å². The Balaban J connectivity index is 1.75. The Morgan fingerprint density at radius 2 is 1.35 bits per heavy atom. The molecule has 0 radical (unpaired) electrons. The molecular weight excluding hydrogens is 212 g/mol. The Kier molecular flexibility index (Phi) is 2.90. The second-order valence-electron chi connectivity index (χ2n) is 4.11. The summed E-state index contributed by atoms with van der Waals surface area (Å²) in [7, 11) is 0. The fourth-order valence-electron chi connectivity index (χ4n) is 2.03. The summed E-state index contributed by atoms with van der Waals surface area (Å²) < 4.78 is 11.6. The molecule has 2 atom stereocenters. The van der Waals surface area contributed by atoms with Crippen LogP contribution in [0, 0.1) is 0 Å². The Bertz CT molecular complexity index is 421. The van der Waals surface area contributed by atoms with Crippen molar-refractivity contribution in [2.24, 2.45) is 0 Å². The smallest absolute Gasteiger partial charge is 0.184 e. The molecule has 1 aliphatic heterocycles. The van der Waals surface area contributed by atoms with Crippen LogP contribution in [0.4, 0.5) is 0 Å². The van der Waals surface area contributed by atoms with Gasteiger partial charge in [0.05, 0.1) is 6.61 Å². The van der Waals surface area contributed by atoms with E-state index in [0.717, 1.165) is 5.56 Å². The van der Waals surface area contributed by atoms with Crippen molar-refractivity contribution in [3.05, 3.63) is 71.8 Å². The van der Waals surface area contributed by atoms with Gasteiger partial charge in [0, 0.05) is 5.56 Å². The fraction of sp³-hybridized carbons (Fsp3) is 0.200.